The summed E-state index contributed by atoms with van der Waals surface area (Å²) in [6, 6.07) is 12.7. The molecule has 0 aromatic heterocycles. The molecule has 6 rings (SSSR count). The molecule has 2 atom stereocenters. The SMILES string of the molecule is CC[C@@H](C)NC(=O)[C@H](CC)N(Cc1ccc(F)cc1)C(=O)CN(c1ccc(C23CC4CC(CC(C4)C2)C3)cc1)S(C)(=O)=O. The van der Waals surface area contributed by atoms with Crippen molar-refractivity contribution in [2.45, 2.75) is 96.2 Å². The van der Waals surface area contributed by atoms with Gasteiger partial charge in [-0.05, 0) is 117 Å². The summed E-state index contributed by atoms with van der Waals surface area (Å²) < 4.78 is 40.9. The second-order valence-corrected chi connectivity index (χ2v) is 15.3. The van der Waals surface area contributed by atoms with Crippen LogP contribution in [-0.4, -0.2) is 50.0 Å². The molecule has 2 amide bonds. The first-order chi connectivity index (χ1) is 20.4. The number of sulfonamides is 1. The molecule has 234 valence electrons. The van der Waals surface area contributed by atoms with Gasteiger partial charge in [0.1, 0.15) is 18.4 Å². The predicted molar refractivity (Wildman–Crippen MR) is 167 cm³/mol. The average Bonchev–Trinajstić information content (AvgIpc) is 2.95. The van der Waals surface area contributed by atoms with Gasteiger partial charge in [0.25, 0.3) is 0 Å². The van der Waals surface area contributed by atoms with E-state index in [0.29, 0.717) is 17.7 Å². The first kappa shape index (κ1) is 31.5. The standard InChI is InChI=1S/C34H46FN3O4S/c1-5-23(3)36-33(40)31(6-2)37(21-24-7-11-29(35)12-8-24)32(39)22-38(43(4,41)42)30-13-9-28(10-14-30)34-18-25-15-26(19-34)17-27(16-25)20-34/h7-14,23,25-27,31H,5-6,15-22H2,1-4H3,(H,36,40)/t23-,25?,26?,27?,31+,34?/m1/s1. The quantitative estimate of drug-likeness (QED) is 0.330. The largest absolute Gasteiger partial charge is 0.352 e. The fourth-order valence-electron chi connectivity index (χ4n) is 8.21. The van der Waals surface area contributed by atoms with Gasteiger partial charge in [-0.15, -0.1) is 0 Å². The Hall–Kier alpha value is -2.94. The van der Waals surface area contributed by atoms with Crippen LogP contribution in [-0.2, 0) is 31.6 Å². The van der Waals surface area contributed by atoms with Crippen LogP contribution in [0, 0.1) is 23.6 Å². The molecule has 0 heterocycles. The maximum absolute atomic E-state index is 14.0. The predicted octanol–water partition coefficient (Wildman–Crippen LogP) is 5.78. The molecule has 0 saturated heterocycles. The summed E-state index contributed by atoms with van der Waals surface area (Å²) in [5.41, 5.74) is 2.54. The lowest BCUT2D eigenvalue weighted by Crippen LogP contribution is -2.53. The molecule has 0 spiro atoms. The van der Waals surface area contributed by atoms with E-state index in [2.05, 4.69) is 17.4 Å². The van der Waals surface area contributed by atoms with E-state index in [1.807, 2.05) is 32.9 Å². The molecular formula is C34H46FN3O4S. The number of hydrogen-bond acceptors (Lipinski definition) is 4. The lowest BCUT2D eigenvalue weighted by molar-refractivity contribution is -0.140. The molecule has 2 aromatic carbocycles. The second-order valence-electron chi connectivity index (χ2n) is 13.4. The smallest absolute Gasteiger partial charge is 0.244 e. The Morgan fingerprint density at radius 2 is 1.49 bits per heavy atom. The summed E-state index contributed by atoms with van der Waals surface area (Å²) >= 11 is 0. The molecule has 9 heteroatoms. The van der Waals surface area contributed by atoms with Crippen molar-refractivity contribution in [3.05, 3.63) is 65.5 Å². The first-order valence-corrected chi connectivity index (χ1v) is 17.7. The van der Waals surface area contributed by atoms with Crippen molar-refractivity contribution in [3.8, 4) is 0 Å². The molecule has 4 aliphatic carbocycles. The molecular weight excluding hydrogens is 565 g/mol. The minimum absolute atomic E-state index is 0.0497. The zero-order valence-corrected chi connectivity index (χ0v) is 26.7. The number of nitrogens with one attached hydrogen (secondary N) is 1. The Morgan fingerprint density at radius 3 is 1.98 bits per heavy atom. The van der Waals surface area contributed by atoms with Gasteiger partial charge in [0, 0.05) is 12.6 Å². The summed E-state index contributed by atoms with van der Waals surface area (Å²) in [5, 5.41) is 2.96. The van der Waals surface area contributed by atoms with Crippen LogP contribution in [0.4, 0.5) is 10.1 Å². The fraction of sp³-hybridized carbons (Fsp3) is 0.588. The van der Waals surface area contributed by atoms with Crippen LogP contribution in [0.25, 0.3) is 0 Å². The molecule has 43 heavy (non-hydrogen) atoms. The van der Waals surface area contributed by atoms with E-state index >= 15 is 0 Å². The molecule has 0 unspecified atom stereocenters. The number of halogens is 1. The Labute approximate surface area is 256 Å². The Bertz CT molecular complexity index is 1370. The van der Waals surface area contributed by atoms with Crippen molar-refractivity contribution in [3.63, 3.8) is 0 Å². The third kappa shape index (κ3) is 6.92. The molecule has 7 nitrogen and oxygen atoms in total. The zero-order valence-electron chi connectivity index (χ0n) is 25.9. The number of amides is 2. The molecule has 4 bridgehead atoms. The maximum atomic E-state index is 14.0. The maximum Gasteiger partial charge on any atom is 0.244 e. The van der Waals surface area contributed by atoms with Crippen molar-refractivity contribution in [1.29, 1.82) is 0 Å². The lowest BCUT2D eigenvalue weighted by atomic mass is 9.48. The molecule has 2 aromatic rings. The Morgan fingerprint density at radius 1 is 0.930 bits per heavy atom. The van der Waals surface area contributed by atoms with Gasteiger partial charge >= 0.3 is 0 Å². The number of carbonyl (C=O) groups is 2. The van der Waals surface area contributed by atoms with Crippen LogP contribution in [0.5, 0.6) is 0 Å². The number of benzene rings is 2. The van der Waals surface area contributed by atoms with Crippen LogP contribution in [0.3, 0.4) is 0 Å². The normalized spacial score (nSPS) is 25.7. The minimum atomic E-state index is -3.82. The molecule has 1 N–H and O–H groups in total. The van der Waals surface area contributed by atoms with Crippen molar-refractivity contribution in [2.75, 3.05) is 17.1 Å². The van der Waals surface area contributed by atoms with Crippen LogP contribution in [0.2, 0.25) is 0 Å². The van der Waals surface area contributed by atoms with Gasteiger partial charge in [-0.25, -0.2) is 12.8 Å². The van der Waals surface area contributed by atoms with Gasteiger partial charge in [0.15, 0.2) is 0 Å². The second kappa shape index (κ2) is 12.6. The van der Waals surface area contributed by atoms with Gasteiger partial charge in [-0.1, -0.05) is 38.1 Å². The van der Waals surface area contributed by atoms with Gasteiger partial charge in [0.05, 0.1) is 11.9 Å². The third-order valence-corrected chi connectivity index (χ3v) is 11.3. The Balaban J connectivity index is 1.40. The summed E-state index contributed by atoms with van der Waals surface area (Å²) in [4.78, 5) is 28.7. The van der Waals surface area contributed by atoms with Crippen molar-refractivity contribution >= 4 is 27.5 Å². The summed E-state index contributed by atoms with van der Waals surface area (Å²) in [6.07, 6.45) is 9.86. The summed E-state index contributed by atoms with van der Waals surface area (Å²) in [5.74, 6) is 1.21. The molecule has 4 saturated carbocycles. The first-order valence-electron chi connectivity index (χ1n) is 15.8. The van der Waals surface area contributed by atoms with Crippen LogP contribution < -0.4 is 9.62 Å². The summed E-state index contributed by atoms with van der Waals surface area (Å²) in [6.45, 7) is 5.29. The van der Waals surface area contributed by atoms with E-state index in [0.717, 1.165) is 34.7 Å². The van der Waals surface area contributed by atoms with Crippen LogP contribution in [0.15, 0.2) is 48.5 Å². The van der Waals surface area contributed by atoms with Gasteiger partial charge in [-0.3, -0.25) is 13.9 Å². The average molecular weight is 612 g/mol. The lowest BCUT2D eigenvalue weighted by Gasteiger charge is -2.57. The van der Waals surface area contributed by atoms with Gasteiger partial charge in [-0.2, -0.15) is 0 Å². The Kier molecular flexibility index (Phi) is 9.21. The number of rotatable bonds is 12. The van der Waals surface area contributed by atoms with E-state index < -0.39 is 34.3 Å². The third-order valence-electron chi connectivity index (χ3n) is 10.1. The highest BCUT2D eigenvalue weighted by Crippen LogP contribution is 2.60. The highest BCUT2D eigenvalue weighted by atomic mass is 32.2. The topological polar surface area (TPSA) is 86.8 Å². The summed E-state index contributed by atoms with van der Waals surface area (Å²) in [7, 11) is -3.82. The number of anilines is 1. The monoisotopic (exact) mass is 611 g/mol. The van der Waals surface area contributed by atoms with Crippen molar-refractivity contribution in [2.24, 2.45) is 17.8 Å². The number of carbonyl (C=O) groups excluding carboxylic acids is 2. The van der Waals surface area contributed by atoms with E-state index in [1.54, 1.807) is 12.1 Å². The fourth-order valence-corrected chi connectivity index (χ4v) is 9.06. The van der Waals surface area contributed by atoms with Crippen LogP contribution in [0.1, 0.15) is 83.3 Å². The number of nitrogens with zero attached hydrogens (tertiary/aromatic N) is 2. The molecule has 0 aliphatic heterocycles. The highest BCUT2D eigenvalue weighted by molar-refractivity contribution is 7.92. The molecule has 4 fully saturated rings. The highest BCUT2D eigenvalue weighted by Gasteiger charge is 2.51. The minimum Gasteiger partial charge on any atom is -0.352 e. The van der Waals surface area contributed by atoms with Crippen LogP contribution >= 0.6 is 0 Å². The van der Waals surface area contributed by atoms with Crippen molar-refractivity contribution < 1.29 is 22.4 Å². The number of hydrogen-bond donors (Lipinski definition) is 1. The van der Waals surface area contributed by atoms with Gasteiger partial charge < -0.3 is 10.2 Å². The van der Waals surface area contributed by atoms with E-state index in [1.165, 1.54) is 61.1 Å². The van der Waals surface area contributed by atoms with Gasteiger partial charge in [0.2, 0.25) is 21.8 Å². The van der Waals surface area contributed by atoms with Crippen molar-refractivity contribution in [1.82, 2.24) is 10.2 Å². The molecule has 4 aliphatic rings. The van der Waals surface area contributed by atoms with E-state index in [9.17, 15) is 22.4 Å². The molecule has 0 radical (unpaired) electrons. The van der Waals surface area contributed by atoms with E-state index in [4.69, 9.17) is 0 Å². The zero-order chi connectivity index (χ0) is 30.9. The van der Waals surface area contributed by atoms with E-state index in [-0.39, 0.29) is 23.9 Å².